The van der Waals surface area contributed by atoms with Gasteiger partial charge in [0.15, 0.2) is 0 Å². The van der Waals surface area contributed by atoms with Gasteiger partial charge in [-0.25, -0.2) is 0 Å². The first-order valence-electron chi connectivity index (χ1n) is 7.15. The Labute approximate surface area is 125 Å². The Morgan fingerprint density at radius 1 is 1.32 bits per heavy atom. The lowest BCUT2D eigenvalue weighted by Gasteiger charge is -2.36. The maximum atomic E-state index is 4.47. The third-order valence-corrected chi connectivity index (χ3v) is 6.89. The van der Waals surface area contributed by atoms with Gasteiger partial charge in [0.2, 0.25) is 0 Å². The normalized spacial score (nSPS) is 25.2. The smallest absolute Gasteiger partial charge is 0.0466 e. The summed E-state index contributed by atoms with van der Waals surface area (Å²) in [6.07, 6.45) is 3.30. The van der Waals surface area contributed by atoms with Crippen molar-refractivity contribution < 1.29 is 0 Å². The Bertz CT molecular complexity index is 380. The van der Waals surface area contributed by atoms with Gasteiger partial charge in [0.25, 0.3) is 0 Å². The Balaban J connectivity index is 2.20. The molecule has 2 heterocycles. The van der Waals surface area contributed by atoms with Crippen molar-refractivity contribution in [2.24, 2.45) is 0 Å². The third kappa shape index (κ3) is 3.89. The Morgan fingerprint density at radius 2 is 2.11 bits per heavy atom. The molecule has 1 aliphatic heterocycles. The summed E-state index contributed by atoms with van der Waals surface area (Å²) in [6.45, 7) is 7.56. The number of hydrogen-bond acceptors (Lipinski definition) is 4. The molecule has 3 atom stereocenters. The van der Waals surface area contributed by atoms with Crippen LogP contribution in [-0.2, 0) is 0 Å². The molecule has 1 fully saturated rings. The molecule has 2 rings (SSSR count). The maximum absolute atomic E-state index is 4.47. The molecule has 1 N–H and O–H groups in total. The van der Waals surface area contributed by atoms with Crippen molar-refractivity contribution in [1.82, 2.24) is 10.3 Å². The average molecular weight is 297 g/mol. The van der Waals surface area contributed by atoms with Crippen LogP contribution < -0.4 is 5.32 Å². The zero-order chi connectivity index (χ0) is 13.7. The molecular formula is C15H24N2S2. The molecule has 19 heavy (non-hydrogen) atoms. The van der Waals surface area contributed by atoms with E-state index < -0.39 is 0 Å². The van der Waals surface area contributed by atoms with Crippen LogP contribution in [0.5, 0.6) is 0 Å². The van der Waals surface area contributed by atoms with Gasteiger partial charge in [0.05, 0.1) is 0 Å². The van der Waals surface area contributed by atoms with E-state index in [0.29, 0.717) is 11.3 Å². The van der Waals surface area contributed by atoms with Crippen molar-refractivity contribution in [2.75, 3.05) is 18.1 Å². The first-order chi connectivity index (χ1) is 9.26. The van der Waals surface area contributed by atoms with E-state index in [0.717, 1.165) is 17.5 Å². The van der Waals surface area contributed by atoms with Gasteiger partial charge in [-0.2, -0.15) is 23.5 Å². The summed E-state index contributed by atoms with van der Waals surface area (Å²) in [7, 11) is 0. The van der Waals surface area contributed by atoms with Crippen LogP contribution in [0.25, 0.3) is 0 Å². The molecule has 0 amide bonds. The molecular weight excluding hydrogens is 272 g/mol. The minimum absolute atomic E-state index is 0.431. The molecule has 0 saturated carbocycles. The second-order valence-corrected chi connectivity index (χ2v) is 7.55. The highest BCUT2D eigenvalue weighted by Crippen LogP contribution is 2.40. The van der Waals surface area contributed by atoms with Crippen LogP contribution >= 0.6 is 23.5 Å². The minimum Gasteiger partial charge on any atom is -0.309 e. The fraction of sp³-hybridized carbons (Fsp3) is 0.667. The number of pyridine rings is 1. The highest BCUT2D eigenvalue weighted by molar-refractivity contribution is 8.07. The predicted molar refractivity (Wildman–Crippen MR) is 88.2 cm³/mol. The molecule has 0 bridgehead atoms. The van der Waals surface area contributed by atoms with E-state index in [1.165, 1.54) is 23.5 Å². The Hall–Kier alpha value is -0.190. The highest BCUT2D eigenvalue weighted by Gasteiger charge is 2.32. The summed E-state index contributed by atoms with van der Waals surface area (Å²) in [5.41, 5.74) is 2.43. The van der Waals surface area contributed by atoms with Crippen LogP contribution in [0.15, 0.2) is 18.3 Å². The topological polar surface area (TPSA) is 24.9 Å². The molecule has 3 unspecified atom stereocenters. The molecule has 0 radical (unpaired) electrons. The van der Waals surface area contributed by atoms with Crippen LogP contribution in [0.3, 0.4) is 0 Å². The van der Waals surface area contributed by atoms with E-state index in [4.69, 9.17) is 0 Å². The van der Waals surface area contributed by atoms with Crippen LogP contribution in [0.4, 0.5) is 0 Å². The quantitative estimate of drug-likeness (QED) is 0.896. The lowest BCUT2D eigenvalue weighted by Crippen LogP contribution is -2.38. The van der Waals surface area contributed by atoms with Gasteiger partial charge >= 0.3 is 0 Å². The number of hydrogen-bond donors (Lipinski definition) is 1. The van der Waals surface area contributed by atoms with Crippen molar-refractivity contribution >= 4 is 23.5 Å². The average Bonchev–Trinajstić information content (AvgIpc) is 2.46. The largest absolute Gasteiger partial charge is 0.309 e. The van der Waals surface area contributed by atoms with E-state index in [-0.39, 0.29) is 0 Å². The second-order valence-electron chi connectivity index (χ2n) is 4.92. The minimum atomic E-state index is 0.431. The molecule has 4 heteroatoms. The van der Waals surface area contributed by atoms with Crippen LogP contribution in [0.2, 0.25) is 0 Å². The lowest BCUT2D eigenvalue weighted by atomic mass is 10.0. The summed E-state index contributed by atoms with van der Waals surface area (Å²) >= 11 is 4.27. The molecule has 1 aromatic heterocycles. The summed E-state index contributed by atoms with van der Waals surface area (Å²) in [5, 5.41) is 5.09. The summed E-state index contributed by atoms with van der Waals surface area (Å²) in [4.78, 5) is 4.47. The molecule has 1 aliphatic rings. The lowest BCUT2D eigenvalue weighted by molar-refractivity contribution is 0.511. The summed E-state index contributed by atoms with van der Waals surface area (Å²) < 4.78 is 0. The van der Waals surface area contributed by atoms with Crippen LogP contribution in [0.1, 0.15) is 37.6 Å². The van der Waals surface area contributed by atoms with Gasteiger partial charge < -0.3 is 5.32 Å². The zero-order valence-corrected chi connectivity index (χ0v) is 13.7. The first kappa shape index (κ1) is 15.2. The second kappa shape index (κ2) is 7.55. The first-order valence-corrected chi connectivity index (χ1v) is 9.25. The molecule has 0 aliphatic carbocycles. The molecule has 106 valence electrons. The Morgan fingerprint density at radius 3 is 2.74 bits per heavy atom. The summed E-state index contributed by atoms with van der Waals surface area (Å²) in [6, 6.07) is 4.80. The predicted octanol–water partition coefficient (Wildman–Crippen LogP) is 3.67. The van der Waals surface area contributed by atoms with Crippen molar-refractivity contribution in [2.45, 2.75) is 43.7 Å². The fourth-order valence-electron chi connectivity index (χ4n) is 2.55. The van der Waals surface area contributed by atoms with Crippen LogP contribution in [-0.4, -0.2) is 33.5 Å². The van der Waals surface area contributed by atoms with Crippen molar-refractivity contribution in [3.05, 3.63) is 29.6 Å². The monoisotopic (exact) mass is 296 g/mol. The number of nitrogens with one attached hydrogen (secondary N) is 1. The van der Waals surface area contributed by atoms with Gasteiger partial charge in [0, 0.05) is 39.9 Å². The molecule has 0 spiro atoms. The number of aryl methyl sites for hydroxylation is 1. The van der Waals surface area contributed by atoms with E-state index in [2.05, 4.69) is 66.0 Å². The van der Waals surface area contributed by atoms with Gasteiger partial charge in [0.1, 0.15) is 0 Å². The highest BCUT2D eigenvalue weighted by atomic mass is 32.2. The number of rotatable bonds is 5. The number of aromatic nitrogens is 1. The fourth-order valence-corrected chi connectivity index (χ4v) is 5.81. The molecule has 0 aromatic carbocycles. The van der Waals surface area contributed by atoms with Gasteiger partial charge in [-0.05, 0) is 31.5 Å². The van der Waals surface area contributed by atoms with Crippen molar-refractivity contribution in [1.29, 1.82) is 0 Å². The Kier molecular flexibility index (Phi) is 6.05. The zero-order valence-electron chi connectivity index (χ0n) is 12.1. The third-order valence-electron chi connectivity index (χ3n) is 3.54. The van der Waals surface area contributed by atoms with Crippen molar-refractivity contribution in [3.8, 4) is 0 Å². The molecule has 1 aromatic rings. The standard InChI is InChI=1S/C15H24N2S2/c1-4-13-15(19-9-8-18-13)14(16-5-2)12-7-6-11(3)17-10-12/h6-7,10,13-16H,4-5,8-9H2,1-3H3. The van der Waals surface area contributed by atoms with E-state index in [1.54, 1.807) is 0 Å². The van der Waals surface area contributed by atoms with E-state index in [9.17, 15) is 0 Å². The SMILES string of the molecule is CCNC(c1ccc(C)nc1)C1SCCSC1CC. The summed E-state index contributed by atoms with van der Waals surface area (Å²) in [5.74, 6) is 2.57. The van der Waals surface area contributed by atoms with Gasteiger partial charge in [-0.3, -0.25) is 4.98 Å². The number of thioether (sulfide) groups is 2. The van der Waals surface area contributed by atoms with Gasteiger partial charge in [-0.15, -0.1) is 0 Å². The van der Waals surface area contributed by atoms with E-state index in [1.807, 2.05) is 6.92 Å². The number of nitrogens with zero attached hydrogens (tertiary/aromatic N) is 1. The van der Waals surface area contributed by atoms with E-state index >= 15 is 0 Å². The van der Waals surface area contributed by atoms with Crippen molar-refractivity contribution in [3.63, 3.8) is 0 Å². The van der Waals surface area contributed by atoms with Gasteiger partial charge in [-0.1, -0.05) is 19.9 Å². The van der Waals surface area contributed by atoms with Crippen LogP contribution in [0, 0.1) is 6.92 Å². The maximum Gasteiger partial charge on any atom is 0.0466 e. The molecule has 2 nitrogen and oxygen atoms in total. The molecule has 1 saturated heterocycles.